The fraction of sp³-hybridized carbons (Fsp3) is 0.200. The van der Waals surface area contributed by atoms with Crippen molar-refractivity contribution in [3.8, 4) is 114 Å². The van der Waals surface area contributed by atoms with Gasteiger partial charge < -0.3 is 99.8 Å². The van der Waals surface area contributed by atoms with E-state index in [1.165, 1.54) is 23.8 Å². The van der Waals surface area contributed by atoms with Crippen LogP contribution >= 0.6 is 11.6 Å². The molecule has 31 nitrogen and oxygen atoms in total. The summed E-state index contributed by atoms with van der Waals surface area (Å²) in [6.45, 7) is 5.53. The topological polar surface area (TPSA) is 336 Å². The number of nitrogens with one attached hydrogen (secondary N) is 1. The van der Waals surface area contributed by atoms with E-state index in [4.69, 9.17) is 81.6 Å². The third-order valence-electron chi connectivity index (χ3n) is 24.3. The first-order valence-electron chi connectivity index (χ1n) is 43.1. The van der Waals surface area contributed by atoms with E-state index < -0.39 is 0 Å². The maximum absolute atomic E-state index is 14.0. The number of carbonyl (C=O) groups excluding carboxylic acids is 5. The number of likely N-dealkylation sites (tertiary alicyclic amines) is 5. The van der Waals surface area contributed by atoms with Crippen molar-refractivity contribution in [2.75, 3.05) is 85.1 Å². The molecule has 25 rings (SSSR count). The minimum atomic E-state index is -0.307. The number of fused-ring (bicyclic) bond motifs is 5. The number of nitrogens with zero attached hydrogens (tertiary/aromatic N) is 10. The summed E-state index contributed by atoms with van der Waals surface area (Å²) in [5.41, 5.74) is 9.76. The Balaban J connectivity index is 0.000000101. The summed E-state index contributed by atoms with van der Waals surface area (Å²) in [6.07, 6.45) is 2.39. The number of amides is 5. The second-order valence-electron chi connectivity index (χ2n) is 32.5. The van der Waals surface area contributed by atoms with Crippen molar-refractivity contribution in [3.05, 3.63) is 322 Å². The summed E-state index contributed by atoms with van der Waals surface area (Å²) in [6, 6.07) is 75.9. The molecule has 34 heteroatoms. The van der Waals surface area contributed by atoms with Gasteiger partial charge in [-0.3, -0.25) is 24.0 Å². The molecule has 134 heavy (non-hydrogen) atoms. The summed E-state index contributed by atoms with van der Waals surface area (Å²) in [5.74, 6) is 8.05. The summed E-state index contributed by atoms with van der Waals surface area (Å²) in [7, 11) is 0. The van der Waals surface area contributed by atoms with Crippen LogP contribution in [0.1, 0.15) is 118 Å². The van der Waals surface area contributed by atoms with Crippen molar-refractivity contribution in [2.45, 2.75) is 49.3 Å². The minimum Gasteiger partial charge on any atom is -0.454 e. The molecule has 15 heterocycles. The van der Waals surface area contributed by atoms with Crippen molar-refractivity contribution in [2.24, 2.45) is 0 Å². The number of halogens is 3. The Morgan fingerprint density at radius 1 is 0.313 bits per heavy atom. The fourth-order valence-corrected chi connectivity index (χ4v) is 17.0. The van der Waals surface area contributed by atoms with Gasteiger partial charge in [-0.05, 0) is 163 Å². The lowest BCUT2D eigenvalue weighted by Crippen LogP contribution is -2.57. The number of para-hydroxylation sites is 1. The fourth-order valence-electron chi connectivity index (χ4n) is 16.7. The van der Waals surface area contributed by atoms with E-state index in [1.807, 2.05) is 146 Å². The standard InChI is InChI=1S/C20H15ClN2O4.2C20H15FN2O4.C20H17N3O4.C20H16N2O4/c21-14-4-2-1-3-13(14)16-7-8-23(16)20(24)15-10-18(27-22-15)12-5-6-17-19(9-12)26-11-25-17;21-14-3-1-2-12(8-14)16-6-7-23(16)20(24)15-10-18(27-22-15)13-4-5-17-19(9-13)26-11-25-17;21-14-4-2-1-3-13(14)16-7-8-23(16)20(24)15-10-18(27-22-15)12-5-6-17-19(9-12)26-11-25-17;24-20(23-10-15(11-23)21-14-4-2-1-3-5-14)16-9-18(27-22-16)13-6-7-17-19(8-13)26-12-25-17;23-20(22-10-15(11-22)13-4-2-1-3-5-13)16-9-18(26-21-16)14-6-7-17-19(8-14)25-12-24-17/h1-6,9-10,16H,7-8,11H2;1-5,8-10,16H,6-7,11H2;1-6,9-10,16H,7-8,11H2;1-9,15,21H,10-12H2;1-9,15H,10-12H2. The Morgan fingerprint density at radius 2 is 0.642 bits per heavy atom. The summed E-state index contributed by atoms with van der Waals surface area (Å²) < 4.78 is 108. The molecular weight excluding hydrogens is 1750 g/mol. The molecule has 15 aromatic rings. The Labute approximate surface area is 766 Å². The number of anilines is 1. The quantitative estimate of drug-likeness (QED) is 0.0939. The highest BCUT2D eigenvalue weighted by Gasteiger charge is 2.41. The summed E-state index contributed by atoms with van der Waals surface area (Å²) >= 11 is 6.28. The van der Waals surface area contributed by atoms with Crippen molar-refractivity contribution >= 4 is 46.8 Å². The summed E-state index contributed by atoms with van der Waals surface area (Å²) in [5, 5.41) is 23.8. The molecule has 1 N–H and O–H groups in total. The normalized spacial score (nSPS) is 16.9. The lowest BCUT2D eigenvalue weighted by molar-refractivity contribution is 0.0437. The van der Waals surface area contributed by atoms with Crippen LogP contribution in [0.5, 0.6) is 57.5 Å². The Morgan fingerprint density at radius 3 is 1.01 bits per heavy atom. The first kappa shape index (κ1) is 84.4. The molecule has 0 aliphatic carbocycles. The molecule has 10 aromatic carbocycles. The smallest absolute Gasteiger partial charge is 0.276 e. The van der Waals surface area contributed by atoms with Gasteiger partial charge in [-0.1, -0.05) is 134 Å². The predicted octanol–water partition coefficient (Wildman–Crippen LogP) is 18.2. The maximum atomic E-state index is 14.0. The van der Waals surface area contributed by atoms with E-state index >= 15 is 0 Å². The molecule has 3 unspecified atom stereocenters. The molecule has 0 spiro atoms. The van der Waals surface area contributed by atoms with E-state index in [1.54, 1.807) is 103 Å². The van der Waals surface area contributed by atoms with Crippen molar-refractivity contribution in [3.63, 3.8) is 0 Å². The molecule has 5 fully saturated rings. The van der Waals surface area contributed by atoms with Crippen LogP contribution in [0, 0.1) is 11.6 Å². The van der Waals surface area contributed by atoms with Crippen molar-refractivity contribution < 1.29 is 103 Å². The highest BCUT2D eigenvalue weighted by atomic mass is 35.5. The van der Waals surface area contributed by atoms with Gasteiger partial charge in [0, 0.05) is 126 Å². The third-order valence-corrected chi connectivity index (χ3v) is 24.6. The molecule has 0 saturated carbocycles. The summed E-state index contributed by atoms with van der Waals surface area (Å²) in [4.78, 5) is 72.2. The van der Waals surface area contributed by atoms with E-state index in [-0.39, 0.29) is 116 Å². The number of ether oxygens (including phenoxy) is 10. The largest absolute Gasteiger partial charge is 0.454 e. The first-order valence-corrected chi connectivity index (χ1v) is 43.5. The minimum absolute atomic E-state index is 0.0307. The van der Waals surface area contributed by atoms with E-state index in [9.17, 15) is 32.8 Å². The zero-order valence-corrected chi connectivity index (χ0v) is 71.8. The van der Waals surface area contributed by atoms with Gasteiger partial charge in [-0.25, -0.2) is 8.78 Å². The average Bonchev–Trinajstić information content (AvgIpc) is 1.30. The van der Waals surface area contributed by atoms with Crippen molar-refractivity contribution in [1.82, 2.24) is 50.3 Å². The van der Waals surface area contributed by atoms with Gasteiger partial charge in [0.25, 0.3) is 29.5 Å². The van der Waals surface area contributed by atoms with Crippen LogP contribution in [0.4, 0.5) is 14.5 Å². The number of hydrogen-bond donors (Lipinski definition) is 1. The van der Waals surface area contributed by atoms with Crippen LogP contribution in [0.25, 0.3) is 56.6 Å². The SMILES string of the molecule is O=C(c1cc(-c2ccc3c(c2)OCO3)on1)N1CC(Nc2ccccc2)C1.O=C(c1cc(-c2ccc3c(c2)OCO3)on1)N1CC(c2ccccc2)C1.O=C(c1cc(-c2ccc3c(c2)OCO3)on1)N1CCC1c1cccc(F)c1.O=C(c1cc(-c2ccc3c(c2)OCO3)on1)N1CCC1c1ccccc1Cl.O=C(c1cc(-c2ccc3c(c2)OCO3)on1)N1CCC1c1ccccc1F. The second-order valence-corrected chi connectivity index (χ2v) is 32.9. The lowest BCUT2D eigenvalue weighted by Gasteiger charge is -2.41. The van der Waals surface area contributed by atoms with Crippen LogP contribution in [-0.2, 0) is 0 Å². The van der Waals surface area contributed by atoms with Gasteiger partial charge in [0.1, 0.15) is 11.6 Å². The Kier molecular flexibility index (Phi) is 23.2. The van der Waals surface area contributed by atoms with Crippen LogP contribution in [0.2, 0.25) is 5.02 Å². The molecule has 3 atom stereocenters. The molecule has 0 radical (unpaired) electrons. The molecule has 5 saturated heterocycles. The molecular formula is C100H78ClF2N11O20. The average molecular weight is 1830 g/mol. The third kappa shape index (κ3) is 17.5. The molecule has 5 amide bonds. The van der Waals surface area contributed by atoms with Crippen molar-refractivity contribution in [1.29, 1.82) is 0 Å². The zero-order valence-electron chi connectivity index (χ0n) is 71.0. The van der Waals surface area contributed by atoms with Crippen LogP contribution in [0.15, 0.2) is 277 Å². The lowest BCUT2D eigenvalue weighted by atomic mass is 9.91. The molecule has 674 valence electrons. The zero-order chi connectivity index (χ0) is 90.9. The van der Waals surface area contributed by atoms with E-state index in [0.717, 1.165) is 63.9 Å². The molecule has 10 aliphatic rings. The predicted molar refractivity (Wildman–Crippen MR) is 475 cm³/mol. The first-order chi connectivity index (χ1) is 65.6. The second kappa shape index (κ2) is 36.8. The Hall–Kier alpha value is -16.5. The van der Waals surface area contributed by atoms with Crippen LogP contribution in [0.3, 0.4) is 0 Å². The Bertz CT molecular complexity index is 6770. The number of aromatic nitrogens is 5. The molecule has 10 aliphatic heterocycles. The number of hydrogen-bond acceptors (Lipinski definition) is 26. The highest BCUT2D eigenvalue weighted by Crippen LogP contribution is 2.46. The van der Waals surface area contributed by atoms with Crippen LogP contribution < -0.4 is 52.7 Å². The van der Waals surface area contributed by atoms with E-state index in [2.05, 4.69) is 43.2 Å². The van der Waals surface area contributed by atoms with Gasteiger partial charge >= 0.3 is 0 Å². The van der Waals surface area contributed by atoms with E-state index in [0.29, 0.717) is 160 Å². The van der Waals surface area contributed by atoms with Crippen LogP contribution in [-0.4, -0.2) is 166 Å². The molecule has 0 bridgehead atoms. The maximum Gasteiger partial charge on any atom is 0.276 e. The molecule has 5 aromatic heterocycles. The monoisotopic (exact) mass is 1830 g/mol. The number of benzene rings is 10. The van der Waals surface area contributed by atoms with Gasteiger partial charge in [-0.15, -0.1) is 0 Å². The highest BCUT2D eigenvalue weighted by molar-refractivity contribution is 6.31. The van der Waals surface area contributed by atoms with Gasteiger partial charge in [0.2, 0.25) is 34.0 Å². The number of rotatable bonds is 16. The van der Waals surface area contributed by atoms with Gasteiger partial charge in [0.05, 0.1) is 24.2 Å². The van der Waals surface area contributed by atoms with Gasteiger partial charge in [-0.2, -0.15) is 0 Å². The number of carbonyl (C=O) groups is 5. The van der Waals surface area contributed by atoms with Gasteiger partial charge in [0.15, 0.2) is 115 Å².